The minimum absolute atomic E-state index is 0.140. The molecule has 0 unspecified atom stereocenters. The lowest BCUT2D eigenvalue weighted by Gasteiger charge is -2.28. The molecule has 1 aliphatic rings. The molecule has 0 atom stereocenters. The highest BCUT2D eigenvalue weighted by molar-refractivity contribution is 7.92. The van der Waals surface area contributed by atoms with Crippen LogP contribution in [0.1, 0.15) is 28.8 Å². The molecule has 3 rings (SSSR count). The second-order valence-corrected chi connectivity index (χ2v) is 8.52. The van der Waals surface area contributed by atoms with Crippen molar-refractivity contribution in [2.75, 3.05) is 30.8 Å². The monoisotopic (exact) mass is 404 g/mol. The minimum atomic E-state index is -3.32. The van der Waals surface area contributed by atoms with Gasteiger partial charge in [0.25, 0.3) is 5.91 Å². The van der Waals surface area contributed by atoms with E-state index in [-0.39, 0.29) is 18.2 Å². The molecule has 0 radical (unpaired) electrons. The van der Waals surface area contributed by atoms with Crippen LogP contribution in [0, 0.1) is 0 Å². The Kier molecular flexibility index (Phi) is 6.08. The normalized spacial score (nSPS) is 15.7. The third kappa shape index (κ3) is 4.39. The van der Waals surface area contributed by atoms with Crippen LogP contribution in [-0.4, -0.2) is 40.8 Å². The van der Waals surface area contributed by atoms with Gasteiger partial charge in [0.05, 0.1) is 25.7 Å². The molecule has 0 aromatic heterocycles. The number of nitrogens with one attached hydrogen (secondary N) is 1. The number of sulfonamides is 1. The van der Waals surface area contributed by atoms with Crippen LogP contribution in [0.5, 0.6) is 11.5 Å². The summed E-state index contributed by atoms with van der Waals surface area (Å²) in [6.07, 6.45) is 1.48. The van der Waals surface area contributed by atoms with E-state index in [9.17, 15) is 13.2 Å². The Hall–Kier alpha value is -2.74. The van der Waals surface area contributed by atoms with E-state index in [0.717, 1.165) is 12.0 Å². The minimum Gasteiger partial charge on any atom is -0.497 e. The topological polar surface area (TPSA) is 84.9 Å². The zero-order valence-electron chi connectivity index (χ0n) is 16.0. The van der Waals surface area contributed by atoms with Crippen molar-refractivity contribution < 1.29 is 22.7 Å². The molecule has 0 saturated carbocycles. The summed E-state index contributed by atoms with van der Waals surface area (Å²) < 4.78 is 36.5. The highest BCUT2D eigenvalue weighted by Crippen LogP contribution is 2.26. The Morgan fingerprint density at radius 3 is 2.64 bits per heavy atom. The largest absolute Gasteiger partial charge is 0.497 e. The van der Waals surface area contributed by atoms with Crippen molar-refractivity contribution in [1.82, 2.24) is 5.32 Å². The van der Waals surface area contributed by atoms with Gasteiger partial charge in [-0.1, -0.05) is 6.07 Å². The molecule has 0 bridgehead atoms. The number of benzene rings is 2. The molecule has 2 aromatic rings. The van der Waals surface area contributed by atoms with E-state index in [1.54, 1.807) is 50.6 Å². The average molecular weight is 404 g/mol. The average Bonchev–Trinajstić information content (AvgIpc) is 2.71. The van der Waals surface area contributed by atoms with Crippen LogP contribution < -0.4 is 19.1 Å². The molecule has 1 amide bonds. The summed E-state index contributed by atoms with van der Waals surface area (Å²) in [5.41, 5.74) is 1.74. The molecule has 0 aliphatic carbocycles. The number of hydrogen-bond acceptors (Lipinski definition) is 5. The predicted octanol–water partition coefficient (Wildman–Crippen LogP) is 2.56. The summed E-state index contributed by atoms with van der Waals surface area (Å²) in [6.45, 7) is 0.717. The van der Waals surface area contributed by atoms with Gasteiger partial charge in [0.15, 0.2) is 0 Å². The number of methoxy groups -OCH3 is 2. The first-order valence-electron chi connectivity index (χ1n) is 9.04. The van der Waals surface area contributed by atoms with Gasteiger partial charge in [-0.3, -0.25) is 9.10 Å². The molecule has 1 heterocycles. The Bertz CT molecular complexity index is 959. The van der Waals surface area contributed by atoms with Crippen molar-refractivity contribution in [1.29, 1.82) is 0 Å². The molecule has 7 nitrogen and oxygen atoms in total. The third-order valence-electron chi connectivity index (χ3n) is 4.68. The zero-order chi connectivity index (χ0) is 20.1. The number of hydrogen-bond donors (Lipinski definition) is 1. The first-order chi connectivity index (χ1) is 13.4. The fraction of sp³-hybridized carbons (Fsp3) is 0.350. The maximum atomic E-state index is 12.6. The molecule has 1 saturated heterocycles. The number of ether oxygens (including phenoxy) is 2. The second kappa shape index (κ2) is 8.52. The highest BCUT2D eigenvalue weighted by atomic mass is 32.2. The summed E-state index contributed by atoms with van der Waals surface area (Å²) in [4.78, 5) is 12.6. The van der Waals surface area contributed by atoms with Crippen LogP contribution in [0.4, 0.5) is 5.69 Å². The third-order valence-corrected chi connectivity index (χ3v) is 6.55. The van der Waals surface area contributed by atoms with Crippen LogP contribution in [0.2, 0.25) is 0 Å². The van der Waals surface area contributed by atoms with Crippen LogP contribution in [-0.2, 0) is 16.6 Å². The van der Waals surface area contributed by atoms with Crippen LogP contribution in [0.15, 0.2) is 42.5 Å². The Balaban J connectivity index is 1.73. The van der Waals surface area contributed by atoms with E-state index in [1.165, 1.54) is 4.31 Å². The number of anilines is 1. The Morgan fingerprint density at radius 1 is 1.11 bits per heavy atom. The van der Waals surface area contributed by atoms with Crippen molar-refractivity contribution in [2.45, 2.75) is 19.4 Å². The van der Waals surface area contributed by atoms with Gasteiger partial charge in [-0.15, -0.1) is 0 Å². The van der Waals surface area contributed by atoms with Gasteiger partial charge in [-0.25, -0.2) is 8.42 Å². The lowest BCUT2D eigenvalue weighted by Crippen LogP contribution is -2.38. The second-order valence-electron chi connectivity index (χ2n) is 6.51. The van der Waals surface area contributed by atoms with Crippen molar-refractivity contribution in [3.8, 4) is 11.5 Å². The smallest absolute Gasteiger partial charge is 0.251 e. The summed E-state index contributed by atoms with van der Waals surface area (Å²) in [6, 6.07) is 12.1. The fourth-order valence-electron chi connectivity index (χ4n) is 3.16. The van der Waals surface area contributed by atoms with Gasteiger partial charge < -0.3 is 14.8 Å². The van der Waals surface area contributed by atoms with Crippen molar-refractivity contribution in [2.24, 2.45) is 0 Å². The van der Waals surface area contributed by atoms with E-state index in [0.29, 0.717) is 35.7 Å². The molecule has 1 fully saturated rings. The van der Waals surface area contributed by atoms with E-state index >= 15 is 0 Å². The van der Waals surface area contributed by atoms with Gasteiger partial charge in [0.1, 0.15) is 11.5 Å². The Morgan fingerprint density at radius 2 is 1.93 bits per heavy atom. The Labute approximate surface area is 165 Å². The lowest BCUT2D eigenvalue weighted by molar-refractivity contribution is 0.0950. The molecule has 150 valence electrons. The maximum absolute atomic E-state index is 12.6. The van der Waals surface area contributed by atoms with Crippen molar-refractivity contribution in [3.63, 3.8) is 0 Å². The first-order valence-corrected chi connectivity index (χ1v) is 10.6. The van der Waals surface area contributed by atoms with E-state index in [4.69, 9.17) is 9.47 Å². The molecule has 1 aliphatic heterocycles. The van der Waals surface area contributed by atoms with Crippen LogP contribution >= 0.6 is 0 Å². The summed E-state index contributed by atoms with van der Waals surface area (Å²) >= 11 is 0. The van der Waals surface area contributed by atoms with Crippen LogP contribution in [0.3, 0.4) is 0 Å². The van der Waals surface area contributed by atoms with Gasteiger partial charge >= 0.3 is 0 Å². The summed E-state index contributed by atoms with van der Waals surface area (Å²) in [5, 5.41) is 2.85. The molecule has 2 aromatic carbocycles. The molecule has 0 spiro atoms. The van der Waals surface area contributed by atoms with Crippen LogP contribution in [0.25, 0.3) is 0 Å². The molecule has 1 N–H and O–H groups in total. The van der Waals surface area contributed by atoms with Crippen molar-refractivity contribution >= 4 is 21.6 Å². The maximum Gasteiger partial charge on any atom is 0.251 e. The highest BCUT2D eigenvalue weighted by Gasteiger charge is 2.26. The number of amides is 1. The van der Waals surface area contributed by atoms with E-state index in [1.807, 2.05) is 6.07 Å². The number of nitrogens with zero attached hydrogens (tertiary/aromatic N) is 1. The van der Waals surface area contributed by atoms with E-state index < -0.39 is 10.0 Å². The summed E-state index contributed by atoms with van der Waals surface area (Å²) in [7, 11) is -0.183. The predicted molar refractivity (Wildman–Crippen MR) is 108 cm³/mol. The SMILES string of the molecule is COc1ccc(CNC(=O)c2cccc(N3CCCCS3(=O)=O)c2)c(OC)c1. The number of carbonyl (C=O) groups excluding carboxylic acids is 1. The molecule has 8 heteroatoms. The van der Waals surface area contributed by atoms with Gasteiger partial charge in [0, 0.05) is 30.3 Å². The fourth-order valence-corrected chi connectivity index (χ4v) is 4.79. The van der Waals surface area contributed by atoms with Crippen molar-refractivity contribution in [3.05, 3.63) is 53.6 Å². The lowest BCUT2D eigenvalue weighted by atomic mass is 10.1. The molecular weight excluding hydrogens is 380 g/mol. The molecular formula is C20H24N2O5S. The quantitative estimate of drug-likeness (QED) is 0.800. The van der Waals surface area contributed by atoms with Gasteiger partial charge in [0.2, 0.25) is 10.0 Å². The van der Waals surface area contributed by atoms with E-state index in [2.05, 4.69) is 5.32 Å². The zero-order valence-corrected chi connectivity index (χ0v) is 16.8. The first kappa shape index (κ1) is 20.0. The summed E-state index contributed by atoms with van der Waals surface area (Å²) in [5.74, 6) is 1.14. The molecule has 28 heavy (non-hydrogen) atoms. The number of rotatable bonds is 6. The standard InChI is InChI=1S/C20H24N2O5S/c1-26-18-9-8-16(19(13-18)27-2)14-21-20(23)15-6-5-7-17(12-15)22-10-3-4-11-28(22,24)25/h5-9,12-13H,3-4,10-11,14H2,1-2H3,(H,21,23). The van der Waals surface area contributed by atoms with Gasteiger partial charge in [-0.05, 0) is 43.2 Å². The number of carbonyl (C=O) groups is 1. The van der Waals surface area contributed by atoms with Gasteiger partial charge in [-0.2, -0.15) is 0 Å².